The fourth-order valence-corrected chi connectivity index (χ4v) is 3.41. The summed E-state index contributed by atoms with van der Waals surface area (Å²) >= 11 is 0. The summed E-state index contributed by atoms with van der Waals surface area (Å²) in [6, 6.07) is 0. The van der Waals surface area contributed by atoms with E-state index in [-0.39, 0.29) is 18.3 Å². The van der Waals surface area contributed by atoms with Gasteiger partial charge >= 0.3 is 5.97 Å². The van der Waals surface area contributed by atoms with E-state index in [4.69, 9.17) is 5.11 Å². The van der Waals surface area contributed by atoms with Crippen LogP contribution in [0.2, 0.25) is 0 Å². The van der Waals surface area contributed by atoms with Crippen molar-refractivity contribution in [3.8, 4) is 0 Å². The van der Waals surface area contributed by atoms with Gasteiger partial charge in [0.2, 0.25) is 0 Å². The van der Waals surface area contributed by atoms with Gasteiger partial charge in [-0.2, -0.15) is 0 Å². The Morgan fingerprint density at radius 1 is 1.16 bits per heavy atom. The number of carbonyl (C=O) groups is 1. The minimum atomic E-state index is -0.787. The van der Waals surface area contributed by atoms with Crippen molar-refractivity contribution in [2.75, 3.05) is 0 Å². The quantitative estimate of drug-likeness (QED) is 0.319. The van der Waals surface area contributed by atoms with Crippen molar-refractivity contribution >= 4 is 5.97 Å². The number of carboxylic acids is 1. The monoisotopic (exact) mass is 354 g/mol. The van der Waals surface area contributed by atoms with Gasteiger partial charge in [-0.05, 0) is 31.6 Å². The normalized spacial score (nSPS) is 28.2. The SMILES string of the molecule is CCCCC[C@H](O)C=C[C@H]1C(O)C[C@H](O)[C@@H]1CC=CCCCC(=O)O. The summed E-state index contributed by atoms with van der Waals surface area (Å²) in [5.74, 6) is -1.00. The predicted octanol–water partition coefficient (Wildman–Crippen LogP) is 3.04. The van der Waals surface area contributed by atoms with E-state index in [0.29, 0.717) is 25.7 Å². The molecule has 0 spiro atoms. The second kappa shape index (κ2) is 12.2. The second-order valence-corrected chi connectivity index (χ2v) is 7.05. The molecule has 1 aliphatic carbocycles. The highest BCUT2D eigenvalue weighted by Gasteiger charge is 2.39. The van der Waals surface area contributed by atoms with Gasteiger partial charge in [-0.25, -0.2) is 0 Å². The summed E-state index contributed by atoms with van der Waals surface area (Å²) in [6.07, 6.45) is 12.3. The zero-order valence-electron chi connectivity index (χ0n) is 15.3. The second-order valence-electron chi connectivity index (χ2n) is 7.05. The summed E-state index contributed by atoms with van der Waals surface area (Å²) in [5, 5.41) is 39.0. The van der Waals surface area contributed by atoms with Crippen LogP contribution in [0, 0.1) is 11.8 Å². The molecule has 0 aliphatic heterocycles. The van der Waals surface area contributed by atoms with Crippen molar-refractivity contribution in [2.24, 2.45) is 11.8 Å². The topological polar surface area (TPSA) is 98.0 Å². The first kappa shape index (κ1) is 21.9. The number of aliphatic carboxylic acids is 1. The highest BCUT2D eigenvalue weighted by atomic mass is 16.4. The molecule has 1 rings (SSSR count). The van der Waals surface area contributed by atoms with Crippen LogP contribution in [-0.2, 0) is 4.79 Å². The van der Waals surface area contributed by atoms with Crippen LogP contribution in [0.25, 0.3) is 0 Å². The predicted molar refractivity (Wildman–Crippen MR) is 98.1 cm³/mol. The molecule has 0 aromatic heterocycles. The minimum absolute atomic E-state index is 0.0650. The van der Waals surface area contributed by atoms with E-state index in [0.717, 1.165) is 25.7 Å². The highest BCUT2D eigenvalue weighted by Crippen LogP contribution is 2.36. The molecule has 0 bridgehead atoms. The van der Waals surface area contributed by atoms with Gasteiger partial charge in [-0.1, -0.05) is 50.5 Å². The molecule has 5 nitrogen and oxygen atoms in total. The third-order valence-electron chi connectivity index (χ3n) is 4.91. The highest BCUT2D eigenvalue weighted by molar-refractivity contribution is 5.66. The van der Waals surface area contributed by atoms with E-state index in [9.17, 15) is 20.1 Å². The van der Waals surface area contributed by atoms with Crippen LogP contribution in [-0.4, -0.2) is 44.7 Å². The van der Waals surface area contributed by atoms with Crippen LogP contribution >= 0.6 is 0 Å². The zero-order chi connectivity index (χ0) is 18.7. The maximum Gasteiger partial charge on any atom is 0.303 e. The molecule has 5 heteroatoms. The van der Waals surface area contributed by atoms with E-state index in [1.54, 1.807) is 6.08 Å². The number of aliphatic hydroxyl groups excluding tert-OH is 3. The molecule has 1 unspecified atom stereocenters. The van der Waals surface area contributed by atoms with Crippen LogP contribution in [0.15, 0.2) is 24.3 Å². The lowest BCUT2D eigenvalue weighted by Gasteiger charge is -2.19. The molecule has 4 N–H and O–H groups in total. The summed E-state index contributed by atoms with van der Waals surface area (Å²) in [4.78, 5) is 10.5. The summed E-state index contributed by atoms with van der Waals surface area (Å²) in [5.41, 5.74) is 0. The number of rotatable bonds is 12. The maximum absolute atomic E-state index is 10.5. The lowest BCUT2D eigenvalue weighted by Crippen LogP contribution is -2.20. The number of carboxylic acid groups (broad SMARTS) is 1. The van der Waals surface area contributed by atoms with Crippen LogP contribution in [0.1, 0.15) is 64.7 Å². The Balaban J connectivity index is 2.46. The van der Waals surface area contributed by atoms with Gasteiger partial charge in [-0.15, -0.1) is 0 Å². The van der Waals surface area contributed by atoms with Gasteiger partial charge in [0, 0.05) is 18.8 Å². The van der Waals surface area contributed by atoms with Gasteiger partial charge in [0.1, 0.15) is 0 Å². The first-order valence-corrected chi connectivity index (χ1v) is 9.55. The van der Waals surface area contributed by atoms with Crippen molar-refractivity contribution in [1.82, 2.24) is 0 Å². The molecule has 0 amide bonds. The van der Waals surface area contributed by atoms with Gasteiger partial charge in [0.25, 0.3) is 0 Å². The Morgan fingerprint density at radius 3 is 2.60 bits per heavy atom. The Kier molecular flexibility index (Phi) is 10.7. The van der Waals surface area contributed by atoms with Crippen molar-refractivity contribution in [2.45, 2.75) is 83.0 Å². The summed E-state index contributed by atoms with van der Waals surface area (Å²) in [7, 11) is 0. The summed E-state index contributed by atoms with van der Waals surface area (Å²) in [6.45, 7) is 2.12. The third-order valence-corrected chi connectivity index (χ3v) is 4.91. The lowest BCUT2D eigenvalue weighted by atomic mass is 9.89. The Bertz CT molecular complexity index is 432. The summed E-state index contributed by atoms with van der Waals surface area (Å²) < 4.78 is 0. The number of allylic oxidation sites excluding steroid dienone is 2. The van der Waals surface area contributed by atoms with E-state index in [1.165, 1.54) is 0 Å². The first-order valence-electron chi connectivity index (χ1n) is 9.55. The molecule has 0 heterocycles. The van der Waals surface area contributed by atoms with Crippen LogP contribution < -0.4 is 0 Å². The van der Waals surface area contributed by atoms with E-state index in [2.05, 4.69) is 6.92 Å². The largest absolute Gasteiger partial charge is 0.481 e. The van der Waals surface area contributed by atoms with Crippen molar-refractivity contribution in [1.29, 1.82) is 0 Å². The molecule has 25 heavy (non-hydrogen) atoms. The third kappa shape index (κ3) is 8.66. The van der Waals surface area contributed by atoms with Gasteiger partial charge in [0.15, 0.2) is 0 Å². The number of unbranched alkanes of at least 4 members (excludes halogenated alkanes) is 3. The maximum atomic E-state index is 10.5. The Morgan fingerprint density at radius 2 is 1.92 bits per heavy atom. The molecule has 0 saturated heterocycles. The molecule has 1 saturated carbocycles. The fourth-order valence-electron chi connectivity index (χ4n) is 3.41. The van der Waals surface area contributed by atoms with Crippen LogP contribution in [0.4, 0.5) is 0 Å². The molecule has 5 atom stereocenters. The first-order chi connectivity index (χ1) is 12.0. The minimum Gasteiger partial charge on any atom is -0.481 e. The smallest absolute Gasteiger partial charge is 0.303 e. The van der Waals surface area contributed by atoms with E-state index < -0.39 is 24.3 Å². The van der Waals surface area contributed by atoms with Crippen molar-refractivity contribution < 1.29 is 25.2 Å². The fraction of sp³-hybridized carbons (Fsp3) is 0.750. The van der Waals surface area contributed by atoms with Gasteiger partial charge < -0.3 is 20.4 Å². The molecule has 1 fully saturated rings. The number of hydrogen-bond donors (Lipinski definition) is 4. The average Bonchev–Trinajstić information content (AvgIpc) is 2.82. The van der Waals surface area contributed by atoms with Crippen LogP contribution in [0.5, 0.6) is 0 Å². The molecule has 1 aliphatic rings. The standard InChI is InChI=1S/C20H34O5/c1-2-3-6-9-15(21)12-13-17-16(18(22)14-19(17)23)10-7-4-5-8-11-20(24)25/h4,7,12-13,15-19,21-23H,2-3,5-6,8-11,14H2,1H3,(H,24,25)/t15-,16+,17+,18-,19?/m0/s1. The molecule has 144 valence electrons. The van der Waals surface area contributed by atoms with Gasteiger partial charge in [0.05, 0.1) is 18.3 Å². The van der Waals surface area contributed by atoms with E-state index >= 15 is 0 Å². The average molecular weight is 354 g/mol. The molecule has 0 aromatic rings. The zero-order valence-corrected chi connectivity index (χ0v) is 15.3. The molecular weight excluding hydrogens is 320 g/mol. The molecule has 0 aromatic carbocycles. The number of aliphatic hydroxyl groups is 3. The lowest BCUT2D eigenvalue weighted by molar-refractivity contribution is -0.137. The van der Waals surface area contributed by atoms with Crippen LogP contribution in [0.3, 0.4) is 0 Å². The Hall–Kier alpha value is -1.17. The van der Waals surface area contributed by atoms with Crippen molar-refractivity contribution in [3.05, 3.63) is 24.3 Å². The molecular formula is C20H34O5. The number of hydrogen-bond acceptors (Lipinski definition) is 4. The Labute approximate surface area is 151 Å². The van der Waals surface area contributed by atoms with E-state index in [1.807, 2.05) is 18.2 Å². The van der Waals surface area contributed by atoms with Crippen molar-refractivity contribution in [3.63, 3.8) is 0 Å². The molecule has 0 radical (unpaired) electrons. The van der Waals surface area contributed by atoms with Gasteiger partial charge in [-0.3, -0.25) is 4.79 Å².